The molecule has 0 radical (unpaired) electrons. The minimum atomic E-state index is -0.365. The van der Waals surface area contributed by atoms with E-state index in [0.717, 1.165) is 12.8 Å². The molecule has 1 heterocycles. The molecule has 128 valence electrons. The average Bonchev–Trinajstić information content (AvgIpc) is 2.62. The number of aromatic amines is 1. The molecule has 0 unspecified atom stereocenters. The first kappa shape index (κ1) is 17.1. The second kappa shape index (κ2) is 7.44. The van der Waals surface area contributed by atoms with Gasteiger partial charge in [0.15, 0.2) is 4.77 Å². The van der Waals surface area contributed by atoms with Crippen molar-refractivity contribution in [3.8, 4) is 5.69 Å². The molecular formula is C19H18N2O3S. The molecule has 0 bridgehead atoms. The highest BCUT2D eigenvalue weighted by Crippen LogP contribution is 2.13. The SMILES string of the molecule is CCCCOC(=O)c1ccc(-n2c(=S)[nH]c3ccccc3c2=O)cc1. The lowest BCUT2D eigenvalue weighted by Gasteiger charge is -2.09. The van der Waals surface area contributed by atoms with Crippen LogP contribution in [0.15, 0.2) is 53.3 Å². The molecular weight excluding hydrogens is 336 g/mol. The van der Waals surface area contributed by atoms with Crippen molar-refractivity contribution in [2.45, 2.75) is 19.8 Å². The minimum absolute atomic E-state index is 0.197. The predicted molar refractivity (Wildman–Crippen MR) is 99.9 cm³/mol. The minimum Gasteiger partial charge on any atom is -0.462 e. The Morgan fingerprint density at radius 2 is 1.88 bits per heavy atom. The number of nitrogens with zero attached hydrogens (tertiary/aromatic N) is 1. The molecule has 0 aliphatic heterocycles. The summed E-state index contributed by atoms with van der Waals surface area (Å²) in [5.74, 6) is -0.365. The number of aromatic nitrogens is 2. The zero-order valence-corrected chi connectivity index (χ0v) is 14.6. The van der Waals surface area contributed by atoms with Gasteiger partial charge in [-0.15, -0.1) is 0 Å². The number of benzene rings is 2. The molecule has 1 N–H and O–H groups in total. The van der Waals surface area contributed by atoms with E-state index in [9.17, 15) is 9.59 Å². The van der Waals surface area contributed by atoms with E-state index < -0.39 is 0 Å². The number of nitrogens with one attached hydrogen (secondary N) is 1. The summed E-state index contributed by atoms with van der Waals surface area (Å²) in [6.07, 6.45) is 1.81. The molecule has 2 aromatic carbocycles. The third-order valence-electron chi connectivity index (χ3n) is 3.90. The number of ether oxygens (including phenoxy) is 1. The number of rotatable bonds is 5. The van der Waals surface area contributed by atoms with E-state index in [1.54, 1.807) is 36.4 Å². The summed E-state index contributed by atoms with van der Waals surface area (Å²) in [7, 11) is 0. The van der Waals surface area contributed by atoms with Gasteiger partial charge in [0.2, 0.25) is 0 Å². The van der Waals surface area contributed by atoms with Crippen LogP contribution >= 0.6 is 12.2 Å². The highest BCUT2D eigenvalue weighted by atomic mass is 32.1. The van der Waals surface area contributed by atoms with E-state index in [-0.39, 0.29) is 11.5 Å². The monoisotopic (exact) mass is 354 g/mol. The lowest BCUT2D eigenvalue weighted by molar-refractivity contribution is 0.0500. The van der Waals surface area contributed by atoms with Gasteiger partial charge in [0.1, 0.15) is 0 Å². The third-order valence-corrected chi connectivity index (χ3v) is 4.18. The van der Waals surface area contributed by atoms with Gasteiger partial charge in [-0.3, -0.25) is 9.36 Å². The maximum Gasteiger partial charge on any atom is 0.338 e. The summed E-state index contributed by atoms with van der Waals surface area (Å²) in [5.41, 5.74) is 1.55. The first-order valence-corrected chi connectivity index (χ1v) is 8.54. The Morgan fingerprint density at radius 1 is 1.16 bits per heavy atom. The lowest BCUT2D eigenvalue weighted by Crippen LogP contribution is -2.20. The summed E-state index contributed by atoms with van der Waals surface area (Å²) in [6.45, 7) is 2.44. The Kier molecular flexibility index (Phi) is 5.09. The van der Waals surface area contributed by atoms with Gasteiger partial charge in [-0.2, -0.15) is 0 Å². The van der Waals surface area contributed by atoms with Crippen molar-refractivity contribution in [1.29, 1.82) is 0 Å². The van der Waals surface area contributed by atoms with E-state index in [1.807, 2.05) is 19.1 Å². The number of carbonyl (C=O) groups is 1. The third kappa shape index (κ3) is 3.53. The number of unbranched alkanes of at least 4 members (excludes halogenated alkanes) is 1. The van der Waals surface area contributed by atoms with Crippen LogP contribution in [0.4, 0.5) is 0 Å². The van der Waals surface area contributed by atoms with E-state index in [1.165, 1.54) is 4.57 Å². The van der Waals surface area contributed by atoms with E-state index in [4.69, 9.17) is 17.0 Å². The first-order chi connectivity index (χ1) is 12.1. The Morgan fingerprint density at radius 3 is 2.60 bits per heavy atom. The largest absolute Gasteiger partial charge is 0.462 e. The fourth-order valence-corrected chi connectivity index (χ4v) is 2.83. The number of H-pyrrole nitrogens is 1. The van der Waals surface area contributed by atoms with Crippen LogP contribution in [0.25, 0.3) is 16.6 Å². The first-order valence-electron chi connectivity index (χ1n) is 8.13. The topological polar surface area (TPSA) is 64.1 Å². The molecule has 25 heavy (non-hydrogen) atoms. The smallest absolute Gasteiger partial charge is 0.338 e. The quantitative estimate of drug-likeness (QED) is 0.427. The maximum absolute atomic E-state index is 12.7. The van der Waals surface area contributed by atoms with Crippen molar-refractivity contribution in [2.24, 2.45) is 0 Å². The van der Waals surface area contributed by atoms with Crippen LogP contribution in [0.2, 0.25) is 0 Å². The summed E-state index contributed by atoms with van der Waals surface area (Å²) in [5, 5.41) is 0.555. The second-order valence-electron chi connectivity index (χ2n) is 5.65. The van der Waals surface area contributed by atoms with Gasteiger partial charge < -0.3 is 9.72 Å². The number of fused-ring (bicyclic) bond motifs is 1. The van der Waals surface area contributed by atoms with Crippen LogP contribution in [0, 0.1) is 4.77 Å². The van der Waals surface area contributed by atoms with Crippen LogP contribution in [0.3, 0.4) is 0 Å². The Balaban J connectivity index is 1.95. The summed E-state index contributed by atoms with van der Waals surface area (Å²) in [6, 6.07) is 13.9. The van der Waals surface area contributed by atoms with Gasteiger partial charge >= 0.3 is 5.97 Å². The molecule has 0 aliphatic carbocycles. The summed E-state index contributed by atoms with van der Waals surface area (Å²) < 4.78 is 6.91. The predicted octanol–water partition coefficient (Wildman–Crippen LogP) is 4.01. The van der Waals surface area contributed by atoms with Crippen molar-refractivity contribution in [3.63, 3.8) is 0 Å². The number of hydrogen-bond acceptors (Lipinski definition) is 4. The van der Waals surface area contributed by atoms with Crippen LogP contribution in [-0.4, -0.2) is 22.1 Å². The van der Waals surface area contributed by atoms with Gasteiger partial charge in [-0.1, -0.05) is 25.5 Å². The van der Waals surface area contributed by atoms with E-state index in [0.29, 0.717) is 33.5 Å². The van der Waals surface area contributed by atoms with E-state index >= 15 is 0 Å². The van der Waals surface area contributed by atoms with Crippen LogP contribution in [-0.2, 0) is 4.74 Å². The average molecular weight is 354 g/mol. The van der Waals surface area contributed by atoms with Gasteiger partial charge in [0.05, 0.1) is 28.8 Å². The molecule has 6 heteroatoms. The van der Waals surface area contributed by atoms with Crippen LogP contribution in [0.1, 0.15) is 30.1 Å². The molecule has 0 saturated heterocycles. The normalized spacial score (nSPS) is 10.8. The number of carbonyl (C=O) groups excluding carboxylic acids is 1. The van der Waals surface area contributed by atoms with Crippen LogP contribution in [0.5, 0.6) is 0 Å². The summed E-state index contributed by atoms with van der Waals surface area (Å²) in [4.78, 5) is 27.7. The molecule has 0 spiro atoms. The molecule has 0 saturated carbocycles. The molecule has 5 nitrogen and oxygen atoms in total. The fourth-order valence-electron chi connectivity index (χ4n) is 2.54. The Hall–Kier alpha value is -2.73. The van der Waals surface area contributed by atoms with Crippen molar-refractivity contribution in [3.05, 3.63) is 69.2 Å². The maximum atomic E-state index is 12.7. The molecule has 0 aliphatic rings. The molecule has 3 aromatic rings. The highest BCUT2D eigenvalue weighted by molar-refractivity contribution is 7.71. The van der Waals surface area contributed by atoms with Gasteiger partial charge in [-0.05, 0) is 55.0 Å². The molecule has 0 amide bonds. The Bertz CT molecular complexity index is 1020. The fraction of sp³-hybridized carbons (Fsp3) is 0.211. The zero-order chi connectivity index (χ0) is 17.8. The zero-order valence-electron chi connectivity index (χ0n) is 13.8. The van der Waals surface area contributed by atoms with Crippen molar-refractivity contribution in [2.75, 3.05) is 6.61 Å². The van der Waals surface area contributed by atoms with Crippen molar-refractivity contribution < 1.29 is 9.53 Å². The van der Waals surface area contributed by atoms with Gasteiger partial charge in [0, 0.05) is 0 Å². The highest BCUT2D eigenvalue weighted by Gasteiger charge is 2.10. The van der Waals surface area contributed by atoms with E-state index in [2.05, 4.69) is 4.98 Å². The molecule has 0 fully saturated rings. The van der Waals surface area contributed by atoms with Crippen LogP contribution < -0.4 is 5.56 Å². The van der Waals surface area contributed by atoms with Crippen molar-refractivity contribution in [1.82, 2.24) is 9.55 Å². The van der Waals surface area contributed by atoms with Gasteiger partial charge in [-0.25, -0.2) is 4.79 Å². The molecule has 3 rings (SSSR count). The Labute approximate surface area is 149 Å². The number of para-hydroxylation sites is 1. The standard InChI is InChI=1S/C19H18N2O3S/c1-2-3-12-24-18(23)13-8-10-14(11-9-13)21-17(22)15-6-4-5-7-16(15)20-19(21)25/h4-11H,2-3,12H2,1H3,(H,20,25). The number of esters is 1. The van der Waals surface area contributed by atoms with Crippen molar-refractivity contribution >= 4 is 29.1 Å². The van der Waals surface area contributed by atoms with Gasteiger partial charge in [0.25, 0.3) is 5.56 Å². The summed E-state index contributed by atoms with van der Waals surface area (Å²) >= 11 is 5.32. The lowest BCUT2D eigenvalue weighted by atomic mass is 10.2. The number of hydrogen-bond donors (Lipinski definition) is 1. The second-order valence-corrected chi connectivity index (χ2v) is 6.04. The molecule has 0 atom stereocenters. The molecule has 1 aromatic heterocycles.